The average Bonchev–Trinajstić information content (AvgIpc) is 3.14. The second-order valence-corrected chi connectivity index (χ2v) is 7.52. The van der Waals surface area contributed by atoms with Gasteiger partial charge < -0.3 is 10.6 Å². The summed E-state index contributed by atoms with van der Waals surface area (Å²) in [5.74, 6) is -0.384. The monoisotopic (exact) mass is 387 g/mol. The third-order valence-corrected chi connectivity index (χ3v) is 4.98. The number of amides is 1. The number of alkyl halides is 3. The highest BCUT2D eigenvalue weighted by atomic mass is 32.1. The highest BCUT2D eigenvalue weighted by Gasteiger charge is 2.37. The maximum atomic E-state index is 13.1. The zero-order chi connectivity index (χ0) is 19.1. The number of halogens is 3. The van der Waals surface area contributed by atoms with Gasteiger partial charge in [0.1, 0.15) is 5.69 Å². The molecular weight excluding hydrogens is 367 g/mol. The molecule has 0 radical (unpaired) electrons. The van der Waals surface area contributed by atoms with E-state index in [-0.39, 0.29) is 34.5 Å². The van der Waals surface area contributed by atoms with Crippen LogP contribution >= 0.6 is 11.3 Å². The highest BCUT2D eigenvalue weighted by molar-refractivity contribution is 7.12. The molecule has 142 valence electrons. The standard InChI is InChI=1S/C16H20F3N5OS/c1-8(2)20-10-4-5-11(10)21-14(25)12-7-26-15(22-12)24-13(16(17,18)19)6-9(3)23-24/h6-8,10-11,20H,4-5H2,1-3H3,(H,21,25)/t10-,11+/m1/s1. The lowest BCUT2D eigenvalue weighted by Gasteiger charge is -2.38. The number of carbonyl (C=O) groups excluding carboxylic acids is 1. The Labute approximate surface area is 152 Å². The fourth-order valence-corrected chi connectivity index (χ4v) is 3.62. The van der Waals surface area contributed by atoms with Crippen LogP contribution in [0.3, 0.4) is 0 Å². The van der Waals surface area contributed by atoms with E-state index < -0.39 is 11.9 Å². The number of hydrogen-bond donors (Lipinski definition) is 2. The van der Waals surface area contributed by atoms with E-state index in [4.69, 9.17) is 0 Å². The molecule has 1 aliphatic rings. The van der Waals surface area contributed by atoms with Crippen LogP contribution in [0.1, 0.15) is 48.6 Å². The Balaban J connectivity index is 1.73. The Hall–Kier alpha value is -1.94. The molecule has 26 heavy (non-hydrogen) atoms. The topological polar surface area (TPSA) is 71.8 Å². The molecule has 0 aromatic carbocycles. The van der Waals surface area contributed by atoms with E-state index >= 15 is 0 Å². The van der Waals surface area contributed by atoms with Crippen LogP contribution in [0.4, 0.5) is 13.2 Å². The lowest BCUT2D eigenvalue weighted by Crippen LogP contribution is -2.58. The van der Waals surface area contributed by atoms with Gasteiger partial charge in [0.2, 0.25) is 5.13 Å². The van der Waals surface area contributed by atoms with Gasteiger partial charge in [-0.15, -0.1) is 11.3 Å². The number of hydrogen-bond acceptors (Lipinski definition) is 5. The van der Waals surface area contributed by atoms with E-state index in [9.17, 15) is 18.0 Å². The average molecular weight is 387 g/mol. The van der Waals surface area contributed by atoms with Crippen LogP contribution in [-0.2, 0) is 6.18 Å². The zero-order valence-electron chi connectivity index (χ0n) is 14.6. The van der Waals surface area contributed by atoms with Crippen molar-refractivity contribution >= 4 is 17.2 Å². The highest BCUT2D eigenvalue weighted by Crippen LogP contribution is 2.32. The summed E-state index contributed by atoms with van der Waals surface area (Å²) in [6.45, 7) is 5.55. The number of rotatable bonds is 5. The summed E-state index contributed by atoms with van der Waals surface area (Å²) < 4.78 is 40.1. The minimum atomic E-state index is -4.54. The minimum Gasteiger partial charge on any atom is -0.346 e. The van der Waals surface area contributed by atoms with E-state index in [0.717, 1.165) is 34.9 Å². The normalized spacial score (nSPS) is 20.3. The summed E-state index contributed by atoms with van der Waals surface area (Å²) in [4.78, 5) is 16.4. The van der Waals surface area contributed by atoms with Gasteiger partial charge in [-0.1, -0.05) is 13.8 Å². The molecule has 3 rings (SSSR count). The second kappa shape index (κ2) is 6.99. The van der Waals surface area contributed by atoms with Crippen LogP contribution < -0.4 is 10.6 Å². The molecule has 0 spiro atoms. The first-order valence-corrected chi connectivity index (χ1v) is 9.20. The third kappa shape index (κ3) is 3.90. The van der Waals surface area contributed by atoms with Crippen LogP contribution in [0.15, 0.2) is 11.4 Å². The van der Waals surface area contributed by atoms with Gasteiger partial charge in [0.05, 0.1) is 5.69 Å². The molecule has 0 bridgehead atoms. The summed E-state index contributed by atoms with van der Waals surface area (Å²) in [6.07, 6.45) is -2.70. The van der Waals surface area contributed by atoms with E-state index in [2.05, 4.69) is 20.7 Å². The zero-order valence-corrected chi connectivity index (χ0v) is 15.4. The number of nitrogens with one attached hydrogen (secondary N) is 2. The van der Waals surface area contributed by atoms with Gasteiger partial charge in [-0.3, -0.25) is 4.79 Å². The fraction of sp³-hybridized carbons (Fsp3) is 0.562. The minimum absolute atomic E-state index is 0.00716. The number of aromatic nitrogens is 3. The van der Waals surface area contributed by atoms with Crippen molar-refractivity contribution in [2.45, 2.75) is 57.9 Å². The van der Waals surface area contributed by atoms with Crippen molar-refractivity contribution in [1.82, 2.24) is 25.4 Å². The summed E-state index contributed by atoms with van der Waals surface area (Å²) in [7, 11) is 0. The van der Waals surface area contributed by atoms with Gasteiger partial charge in [0.15, 0.2) is 5.69 Å². The van der Waals surface area contributed by atoms with Gasteiger partial charge in [-0.25, -0.2) is 9.67 Å². The number of nitrogens with zero attached hydrogens (tertiary/aromatic N) is 3. The molecule has 1 saturated carbocycles. The van der Waals surface area contributed by atoms with Crippen LogP contribution in [0.25, 0.3) is 5.13 Å². The molecule has 0 unspecified atom stereocenters. The molecule has 2 aromatic heterocycles. The maximum Gasteiger partial charge on any atom is 0.433 e. The lowest BCUT2D eigenvalue weighted by molar-refractivity contribution is -0.142. The predicted octanol–water partition coefficient (Wildman–Crippen LogP) is 2.91. The van der Waals surface area contributed by atoms with Crippen LogP contribution in [-0.4, -0.2) is 38.8 Å². The fourth-order valence-electron chi connectivity index (χ4n) is 2.86. The molecule has 2 heterocycles. The molecule has 2 N–H and O–H groups in total. The van der Waals surface area contributed by atoms with Crippen molar-refractivity contribution in [2.24, 2.45) is 0 Å². The van der Waals surface area contributed by atoms with Gasteiger partial charge in [-0.05, 0) is 25.8 Å². The first-order valence-electron chi connectivity index (χ1n) is 8.32. The first-order chi connectivity index (χ1) is 12.1. The molecule has 0 aliphatic heterocycles. The van der Waals surface area contributed by atoms with Gasteiger partial charge in [-0.2, -0.15) is 18.3 Å². The molecule has 1 amide bonds. The molecule has 1 fully saturated rings. The summed E-state index contributed by atoms with van der Waals surface area (Å²) in [5.41, 5.74) is -0.575. The Morgan fingerprint density at radius 2 is 2.04 bits per heavy atom. The molecule has 10 heteroatoms. The smallest absolute Gasteiger partial charge is 0.346 e. The van der Waals surface area contributed by atoms with E-state index in [1.165, 1.54) is 12.3 Å². The van der Waals surface area contributed by atoms with Gasteiger partial charge >= 0.3 is 6.18 Å². The predicted molar refractivity (Wildman–Crippen MR) is 91.5 cm³/mol. The Bertz CT molecular complexity index is 798. The summed E-state index contributed by atoms with van der Waals surface area (Å²) >= 11 is 0.952. The van der Waals surface area contributed by atoms with E-state index in [1.807, 2.05) is 13.8 Å². The van der Waals surface area contributed by atoms with Crippen molar-refractivity contribution in [3.05, 3.63) is 28.5 Å². The Morgan fingerprint density at radius 3 is 2.62 bits per heavy atom. The molecule has 2 atom stereocenters. The first kappa shape index (κ1) is 18.8. The van der Waals surface area contributed by atoms with Crippen molar-refractivity contribution in [2.75, 3.05) is 0 Å². The lowest BCUT2D eigenvalue weighted by atomic mass is 9.85. The molecule has 1 aliphatic carbocycles. The summed E-state index contributed by atoms with van der Waals surface area (Å²) in [6, 6.07) is 1.49. The molecular formula is C16H20F3N5OS. The van der Waals surface area contributed by atoms with Gasteiger partial charge in [0.25, 0.3) is 5.91 Å². The van der Waals surface area contributed by atoms with Crippen molar-refractivity contribution < 1.29 is 18.0 Å². The number of thiazole rings is 1. The molecule has 6 nitrogen and oxygen atoms in total. The van der Waals surface area contributed by atoms with Crippen LogP contribution in [0.5, 0.6) is 0 Å². The second-order valence-electron chi connectivity index (χ2n) is 6.68. The Morgan fingerprint density at radius 1 is 1.35 bits per heavy atom. The third-order valence-electron chi connectivity index (χ3n) is 4.17. The summed E-state index contributed by atoms with van der Waals surface area (Å²) in [5, 5.41) is 11.6. The SMILES string of the molecule is Cc1cc(C(F)(F)F)n(-c2nc(C(=O)N[C@H]3CC[C@H]3NC(C)C)cs2)n1. The molecule has 2 aromatic rings. The van der Waals surface area contributed by atoms with E-state index in [1.54, 1.807) is 0 Å². The quantitative estimate of drug-likeness (QED) is 0.828. The van der Waals surface area contributed by atoms with Crippen LogP contribution in [0.2, 0.25) is 0 Å². The molecule has 0 saturated heterocycles. The maximum absolute atomic E-state index is 13.1. The van der Waals surface area contributed by atoms with Crippen molar-refractivity contribution in [3.63, 3.8) is 0 Å². The largest absolute Gasteiger partial charge is 0.433 e. The van der Waals surface area contributed by atoms with Crippen molar-refractivity contribution in [3.8, 4) is 5.13 Å². The number of aryl methyl sites for hydroxylation is 1. The van der Waals surface area contributed by atoms with Gasteiger partial charge in [0, 0.05) is 23.5 Å². The van der Waals surface area contributed by atoms with Crippen molar-refractivity contribution in [1.29, 1.82) is 0 Å². The van der Waals surface area contributed by atoms with Crippen LogP contribution in [0, 0.1) is 6.92 Å². The van der Waals surface area contributed by atoms with E-state index in [0.29, 0.717) is 6.04 Å². The Kier molecular flexibility index (Phi) is 5.07. The number of carbonyl (C=O) groups is 1.